The van der Waals surface area contributed by atoms with Gasteiger partial charge in [0, 0.05) is 6.54 Å². The third-order valence-electron chi connectivity index (χ3n) is 3.29. The van der Waals surface area contributed by atoms with Crippen molar-refractivity contribution in [2.45, 2.75) is 12.8 Å². The van der Waals surface area contributed by atoms with E-state index in [0.717, 1.165) is 0 Å². The molecule has 1 aliphatic rings. The van der Waals surface area contributed by atoms with Gasteiger partial charge in [0.2, 0.25) is 11.8 Å². The van der Waals surface area contributed by atoms with E-state index in [2.05, 4.69) is 15.3 Å². The van der Waals surface area contributed by atoms with E-state index in [0.29, 0.717) is 12.8 Å². The van der Waals surface area contributed by atoms with Gasteiger partial charge in [-0.25, -0.2) is 9.97 Å². The Labute approximate surface area is 115 Å². The largest absolute Gasteiger partial charge is 0.481 e. The fraction of sp³-hybridized carbons (Fsp3) is 0.500. The summed E-state index contributed by atoms with van der Waals surface area (Å²) < 4.78 is 9.99. The minimum absolute atomic E-state index is 0.0543. The van der Waals surface area contributed by atoms with Gasteiger partial charge in [0.05, 0.1) is 19.6 Å². The lowest BCUT2D eigenvalue weighted by molar-refractivity contribution is -0.143. The molecule has 0 atom stereocenters. The van der Waals surface area contributed by atoms with Crippen LogP contribution in [0, 0.1) is 5.41 Å². The zero-order valence-corrected chi connectivity index (χ0v) is 11.2. The molecule has 8 heteroatoms. The van der Waals surface area contributed by atoms with E-state index in [4.69, 9.17) is 14.6 Å². The Morgan fingerprint density at radius 3 is 2.25 bits per heavy atom. The maximum absolute atomic E-state index is 12.2. The molecule has 0 aliphatic heterocycles. The van der Waals surface area contributed by atoms with Crippen LogP contribution in [0.4, 0.5) is 0 Å². The summed E-state index contributed by atoms with van der Waals surface area (Å²) in [7, 11) is 2.75. The molecule has 1 aromatic heterocycles. The Kier molecular flexibility index (Phi) is 3.73. The van der Waals surface area contributed by atoms with Crippen molar-refractivity contribution in [3.05, 3.63) is 11.9 Å². The van der Waals surface area contributed by atoms with Crippen molar-refractivity contribution in [1.82, 2.24) is 15.3 Å². The zero-order chi connectivity index (χ0) is 14.8. The van der Waals surface area contributed by atoms with Crippen molar-refractivity contribution in [1.29, 1.82) is 0 Å². The van der Waals surface area contributed by atoms with Crippen LogP contribution in [0.25, 0.3) is 0 Å². The second kappa shape index (κ2) is 5.32. The zero-order valence-electron chi connectivity index (χ0n) is 11.2. The molecule has 2 rings (SSSR count). The number of carbonyl (C=O) groups is 2. The molecule has 1 aliphatic carbocycles. The van der Waals surface area contributed by atoms with Crippen LogP contribution in [0.1, 0.15) is 23.2 Å². The third kappa shape index (κ3) is 2.49. The Hall–Kier alpha value is -2.38. The predicted molar refractivity (Wildman–Crippen MR) is 66.8 cm³/mol. The first-order chi connectivity index (χ1) is 9.54. The van der Waals surface area contributed by atoms with Gasteiger partial charge in [0.15, 0.2) is 5.56 Å². The van der Waals surface area contributed by atoms with Crippen molar-refractivity contribution in [2.75, 3.05) is 20.8 Å². The number of hydrogen-bond donors (Lipinski definition) is 2. The standard InChI is InChI=1S/C12H15N3O5/c1-19-9-7(10(20-2)15-6-14-9)8(16)13-5-12(3-4-12)11(17)18/h6H,3-5H2,1-2H3,(H,13,16)(H,17,18). The molecule has 1 fully saturated rings. The van der Waals surface area contributed by atoms with E-state index in [9.17, 15) is 9.59 Å². The molecule has 1 aromatic rings. The minimum Gasteiger partial charge on any atom is -0.481 e. The van der Waals surface area contributed by atoms with Gasteiger partial charge in [0.1, 0.15) is 6.33 Å². The number of nitrogens with one attached hydrogen (secondary N) is 1. The lowest BCUT2D eigenvalue weighted by Crippen LogP contribution is -2.34. The molecule has 108 valence electrons. The molecule has 0 unspecified atom stereocenters. The Morgan fingerprint density at radius 1 is 1.30 bits per heavy atom. The summed E-state index contributed by atoms with van der Waals surface area (Å²) in [5.41, 5.74) is -0.787. The SMILES string of the molecule is COc1ncnc(OC)c1C(=O)NCC1(C(=O)O)CC1. The second-order valence-corrected chi connectivity index (χ2v) is 4.54. The van der Waals surface area contributed by atoms with Crippen LogP contribution >= 0.6 is 0 Å². The molecule has 0 bridgehead atoms. The molecule has 1 heterocycles. The molecule has 8 nitrogen and oxygen atoms in total. The molecule has 0 radical (unpaired) electrons. The summed E-state index contributed by atoms with van der Waals surface area (Å²) in [6.45, 7) is 0.0579. The molecular formula is C12H15N3O5. The summed E-state index contributed by atoms with van der Waals surface area (Å²) in [4.78, 5) is 30.9. The van der Waals surface area contributed by atoms with Crippen LogP contribution in [-0.2, 0) is 4.79 Å². The summed E-state index contributed by atoms with van der Waals surface area (Å²) in [5, 5.41) is 11.6. The monoisotopic (exact) mass is 281 g/mol. The number of carbonyl (C=O) groups excluding carboxylic acids is 1. The van der Waals surface area contributed by atoms with E-state index < -0.39 is 17.3 Å². The number of aromatic nitrogens is 2. The van der Waals surface area contributed by atoms with Crippen molar-refractivity contribution in [3.63, 3.8) is 0 Å². The van der Waals surface area contributed by atoms with Gasteiger partial charge in [-0.3, -0.25) is 9.59 Å². The van der Waals surface area contributed by atoms with Crippen molar-refractivity contribution in [3.8, 4) is 11.8 Å². The highest BCUT2D eigenvalue weighted by molar-refractivity contribution is 5.98. The van der Waals surface area contributed by atoms with Crippen LogP contribution < -0.4 is 14.8 Å². The maximum Gasteiger partial charge on any atom is 0.311 e. The minimum atomic E-state index is -0.902. The number of nitrogens with zero attached hydrogens (tertiary/aromatic N) is 2. The number of ether oxygens (including phenoxy) is 2. The van der Waals surface area contributed by atoms with Gasteiger partial charge in [-0.1, -0.05) is 0 Å². The fourth-order valence-electron chi connectivity index (χ4n) is 1.81. The van der Waals surface area contributed by atoms with Gasteiger partial charge < -0.3 is 19.9 Å². The molecule has 1 amide bonds. The number of methoxy groups -OCH3 is 2. The highest BCUT2D eigenvalue weighted by Crippen LogP contribution is 2.45. The van der Waals surface area contributed by atoms with E-state index in [-0.39, 0.29) is 23.9 Å². The molecule has 2 N–H and O–H groups in total. The van der Waals surface area contributed by atoms with Crippen molar-refractivity contribution < 1.29 is 24.2 Å². The van der Waals surface area contributed by atoms with E-state index in [1.165, 1.54) is 20.5 Å². The summed E-state index contributed by atoms with van der Waals surface area (Å²) >= 11 is 0. The molecule has 0 aromatic carbocycles. The number of rotatable bonds is 6. The lowest BCUT2D eigenvalue weighted by atomic mass is 10.1. The quantitative estimate of drug-likeness (QED) is 0.760. The lowest BCUT2D eigenvalue weighted by Gasteiger charge is -2.13. The molecule has 0 saturated heterocycles. The average Bonchev–Trinajstić information content (AvgIpc) is 3.25. The van der Waals surface area contributed by atoms with Gasteiger partial charge in [-0.15, -0.1) is 0 Å². The van der Waals surface area contributed by atoms with Gasteiger partial charge in [0.25, 0.3) is 5.91 Å². The number of carboxylic acid groups (broad SMARTS) is 1. The van der Waals surface area contributed by atoms with E-state index >= 15 is 0 Å². The van der Waals surface area contributed by atoms with Crippen molar-refractivity contribution >= 4 is 11.9 Å². The second-order valence-electron chi connectivity index (χ2n) is 4.54. The van der Waals surface area contributed by atoms with Crippen LogP contribution in [0.5, 0.6) is 11.8 Å². The van der Waals surface area contributed by atoms with Gasteiger partial charge in [-0.2, -0.15) is 0 Å². The maximum atomic E-state index is 12.2. The third-order valence-corrected chi connectivity index (χ3v) is 3.29. The Bertz CT molecular complexity index is 520. The average molecular weight is 281 g/mol. The number of hydrogen-bond acceptors (Lipinski definition) is 6. The predicted octanol–water partition coefficient (Wildman–Crippen LogP) is 0.0884. The molecular weight excluding hydrogens is 266 g/mol. The highest BCUT2D eigenvalue weighted by atomic mass is 16.5. The Balaban J connectivity index is 2.15. The first-order valence-corrected chi connectivity index (χ1v) is 5.98. The van der Waals surface area contributed by atoms with Crippen LogP contribution in [0.15, 0.2) is 6.33 Å². The number of aliphatic carboxylic acids is 1. The normalized spacial score (nSPS) is 15.3. The molecule has 20 heavy (non-hydrogen) atoms. The number of carboxylic acids is 1. The summed E-state index contributed by atoms with van der Waals surface area (Å²) in [6, 6.07) is 0. The number of amides is 1. The van der Waals surface area contributed by atoms with Crippen LogP contribution in [0.2, 0.25) is 0 Å². The van der Waals surface area contributed by atoms with Crippen LogP contribution in [-0.4, -0.2) is 47.7 Å². The smallest absolute Gasteiger partial charge is 0.311 e. The molecule has 0 spiro atoms. The topological polar surface area (TPSA) is 111 Å². The van der Waals surface area contributed by atoms with Gasteiger partial charge >= 0.3 is 5.97 Å². The first kappa shape index (κ1) is 14.0. The van der Waals surface area contributed by atoms with E-state index in [1.54, 1.807) is 0 Å². The Morgan fingerprint density at radius 2 is 1.85 bits per heavy atom. The summed E-state index contributed by atoms with van der Waals surface area (Å²) in [6.07, 6.45) is 2.33. The molecule has 1 saturated carbocycles. The van der Waals surface area contributed by atoms with Crippen LogP contribution in [0.3, 0.4) is 0 Å². The summed E-state index contributed by atoms with van der Waals surface area (Å²) in [5.74, 6) is -1.27. The fourth-order valence-corrected chi connectivity index (χ4v) is 1.81. The highest BCUT2D eigenvalue weighted by Gasteiger charge is 2.50. The van der Waals surface area contributed by atoms with Gasteiger partial charge in [-0.05, 0) is 12.8 Å². The first-order valence-electron chi connectivity index (χ1n) is 5.98. The van der Waals surface area contributed by atoms with Crippen molar-refractivity contribution in [2.24, 2.45) is 5.41 Å². The van der Waals surface area contributed by atoms with E-state index in [1.807, 2.05) is 0 Å².